The Morgan fingerprint density at radius 2 is 1.93 bits per heavy atom. The van der Waals surface area contributed by atoms with Crippen molar-refractivity contribution in [3.8, 4) is 0 Å². The molecule has 0 aromatic heterocycles. The van der Waals surface area contributed by atoms with Crippen LogP contribution in [-0.2, 0) is 26.0 Å². The van der Waals surface area contributed by atoms with Crippen LogP contribution in [0.5, 0.6) is 0 Å². The zero-order valence-corrected chi connectivity index (χ0v) is 16.4. The van der Waals surface area contributed by atoms with Crippen molar-refractivity contribution in [3.63, 3.8) is 0 Å². The molecule has 7 nitrogen and oxygen atoms in total. The smallest absolute Gasteiger partial charge is 0.238 e. The first-order chi connectivity index (χ1) is 13.3. The highest BCUT2D eigenvalue weighted by Gasteiger charge is 2.35. The Morgan fingerprint density at radius 3 is 2.57 bits per heavy atom. The molecule has 0 bridgehead atoms. The van der Waals surface area contributed by atoms with Gasteiger partial charge in [0.05, 0.1) is 10.8 Å². The second kappa shape index (κ2) is 8.12. The van der Waals surface area contributed by atoms with Gasteiger partial charge in [0.1, 0.15) is 0 Å². The van der Waals surface area contributed by atoms with Crippen molar-refractivity contribution >= 4 is 33.2 Å². The first-order valence-corrected chi connectivity index (χ1v) is 10.7. The van der Waals surface area contributed by atoms with Crippen LogP contribution >= 0.6 is 0 Å². The number of nitrogens with one attached hydrogen (secondary N) is 1. The molecule has 2 aromatic rings. The Balaban J connectivity index is 1.68. The van der Waals surface area contributed by atoms with Gasteiger partial charge >= 0.3 is 0 Å². The van der Waals surface area contributed by atoms with E-state index < -0.39 is 15.9 Å². The molecule has 1 aliphatic heterocycles. The van der Waals surface area contributed by atoms with E-state index in [0.717, 1.165) is 18.5 Å². The number of carbonyl (C=O) groups is 2. The molecule has 1 aliphatic rings. The molecule has 3 rings (SSSR count). The molecule has 28 heavy (non-hydrogen) atoms. The van der Waals surface area contributed by atoms with Crippen molar-refractivity contribution in [2.75, 3.05) is 16.8 Å². The maximum absolute atomic E-state index is 12.6. The number of sulfonamides is 1. The van der Waals surface area contributed by atoms with Gasteiger partial charge in [-0.2, -0.15) is 0 Å². The van der Waals surface area contributed by atoms with Crippen LogP contribution in [0.3, 0.4) is 0 Å². The maximum atomic E-state index is 12.6. The lowest BCUT2D eigenvalue weighted by atomic mass is 10.1. The van der Waals surface area contributed by atoms with Crippen LogP contribution in [0.15, 0.2) is 53.4 Å². The molecule has 2 amide bonds. The monoisotopic (exact) mass is 401 g/mol. The predicted molar refractivity (Wildman–Crippen MR) is 107 cm³/mol. The first kappa shape index (κ1) is 20.0. The Bertz CT molecular complexity index is 987. The molecule has 3 N–H and O–H groups in total. The van der Waals surface area contributed by atoms with Gasteiger partial charge in [-0.05, 0) is 42.3 Å². The van der Waals surface area contributed by atoms with Crippen LogP contribution in [0.4, 0.5) is 11.4 Å². The van der Waals surface area contributed by atoms with E-state index in [0.29, 0.717) is 5.69 Å². The largest absolute Gasteiger partial charge is 0.326 e. The summed E-state index contributed by atoms with van der Waals surface area (Å²) in [7, 11) is -3.86. The van der Waals surface area contributed by atoms with Gasteiger partial charge in [0.2, 0.25) is 21.8 Å². The third-order valence-electron chi connectivity index (χ3n) is 4.71. The standard InChI is InChI=1S/C20H23N3O4S/c1-2-4-14-7-9-17(10-8-14)23-13-15(11-19(23)24)20(25)22-16-5-3-6-18(12-16)28(21,26)27/h3,5-10,12,15H,2,4,11,13H2,1H3,(H,22,25)(H2,21,26,27)/t15-/m0/s1. The average Bonchev–Trinajstić information content (AvgIpc) is 3.04. The van der Waals surface area contributed by atoms with Crippen molar-refractivity contribution in [2.24, 2.45) is 11.1 Å². The number of anilines is 2. The Labute approximate surface area is 164 Å². The fraction of sp³-hybridized carbons (Fsp3) is 0.300. The number of hydrogen-bond acceptors (Lipinski definition) is 4. The summed E-state index contributed by atoms with van der Waals surface area (Å²) < 4.78 is 22.9. The summed E-state index contributed by atoms with van der Waals surface area (Å²) in [6.07, 6.45) is 2.14. The van der Waals surface area contributed by atoms with E-state index in [4.69, 9.17) is 5.14 Å². The Kier molecular flexibility index (Phi) is 5.81. The lowest BCUT2D eigenvalue weighted by Gasteiger charge is -2.17. The van der Waals surface area contributed by atoms with E-state index in [1.807, 2.05) is 24.3 Å². The fourth-order valence-electron chi connectivity index (χ4n) is 3.26. The SMILES string of the molecule is CCCc1ccc(N2C[C@@H](C(=O)Nc3cccc(S(N)(=O)=O)c3)CC2=O)cc1. The van der Waals surface area contributed by atoms with Gasteiger partial charge in [0.15, 0.2) is 0 Å². The normalized spacial score (nSPS) is 17.0. The van der Waals surface area contributed by atoms with Gasteiger partial charge < -0.3 is 10.2 Å². The number of nitrogens with zero attached hydrogens (tertiary/aromatic N) is 1. The second-order valence-corrected chi connectivity index (χ2v) is 8.45. The molecule has 0 unspecified atom stereocenters. The summed E-state index contributed by atoms with van der Waals surface area (Å²) in [5, 5.41) is 7.79. The number of carbonyl (C=O) groups excluding carboxylic acids is 2. The second-order valence-electron chi connectivity index (χ2n) is 6.88. The molecule has 0 saturated carbocycles. The van der Waals surface area contributed by atoms with Crippen LogP contribution in [0.1, 0.15) is 25.3 Å². The summed E-state index contributed by atoms with van der Waals surface area (Å²) in [6.45, 7) is 2.40. The van der Waals surface area contributed by atoms with Crippen molar-refractivity contribution < 1.29 is 18.0 Å². The van der Waals surface area contributed by atoms with Crippen molar-refractivity contribution in [1.82, 2.24) is 0 Å². The molecule has 2 aromatic carbocycles. The molecule has 0 radical (unpaired) electrons. The highest BCUT2D eigenvalue weighted by atomic mass is 32.2. The van der Waals surface area contributed by atoms with E-state index in [9.17, 15) is 18.0 Å². The zero-order chi connectivity index (χ0) is 20.3. The molecule has 1 saturated heterocycles. The maximum Gasteiger partial charge on any atom is 0.238 e. The number of hydrogen-bond donors (Lipinski definition) is 2. The number of rotatable bonds is 6. The highest BCUT2D eigenvalue weighted by Crippen LogP contribution is 2.27. The minimum Gasteiger partial charge on any atom is -0.326 e. The van der Waals surface area contributed by atoms with Crippen LogP contribution in [0.2, 0.25) is 0 Å². The number of benzene rings is 2. The first-order valence-electron chi connectivity index (χ1n) is 9.11. The highest BCUT2D eigenvalue weighted by molar-refractivity contribution is 7.89. The number of nitrogens with two attached hydrogens (primary N) is 1. The quantitative estimate of drug-likeness (QED) is 0.774. The predicted octanol–water partition coefficient (Wildman–Crippen LogP) is 2.28. The van der Waals surface area contributed by atoms with Gasteiger partial charge in [-0.25, -0.2) is 13.6 Å². The summed E-state index contributed by atoms with van der Waals surface area (Å²) in [6, 6.07) is 13.5. The molecule has 1 atom stereocenters. The lowest BCUT2D eigenvalue weighted by molar-refractivity contribution is -0.122. The van der Waals surface area contributed by atoms with Gasteiger partial charge in [-0.3, -0.25) is 9.59 Å². The molecule has 1 heterocycles. The molecule has 8 heteroatoms. The third kappa shape index (κ3) is 4.58. The van der Waals surface area contributed by atoms with Crippen LogP contribution in [0, 0.1) is 5.92 Å². The molecule has 148 valence electrons. The van der Waals surface area contributed by atoms with Crippen LogP contribution < -0.4 is 15.4 Å². The Hall–Kier alpha value is -2.71. The van der Waals surface area contributed by atoms with Crippen molar-refractivity contribution in [3.05, 3.63) is 54.1 Å². The van der Waals surface area contributed by atoms with Gasteiger partial charge in [0.25, 0.3) is 0 Å². The van der Waals surface area contributed by atoms with Gasteiger partial charge in [-0.15, -0.1) is 0 Å². The molecular weight excluding hydrogens is 378 g/mol. The fourth-order valence-corrected chi connectivity index (χ4v) is 3.82. The number of amides is 2. The van der Waals surface area contributed by atoms with Crippen LogP contribution in [0.25, 0.3) is 0 Å². The van der Waals surface area contributed by atoms with Crippen molar-refractivity contribution in [1.29, 1.82) is 0 Å². The molecule has 1 fully saturated rings. The molecule has 0 spiro atoms. The molecule has 0 aliphatic carbocycles. The lowest BCUT2D eigenvalue weighted by Crippen LogP contribution is -2.28. The topological polar surface area (TPSA) is 110 Å². The van der Waals surface area contributed by atoms with Crippen LogP contribution in [-0.4, -0.2) is 26.8 Å². The minimum atomic E-state index is -3.86. The summed E-state index contributed by atoms with van der Waals surface area (Å²) in [4.78, 5) is 26.5. The average molecular weight is 401 g/mol. The van der Waals surface area contributed by atoms with Gasteiger partial charge in [-0.1, -0.05) is 31.5 Å². The van der Waals surface area contributed by atoms with E-state index in [2.05, 4.69) is 12.2 Å². The van der Waals surface area contributed by atoms with E-state index >= 15 is 0 Å². The van der Waals surface area contributed by atoms with Crippen molar-refractivity contribution in [2.45, 2.75) is 31.1 Å². The molecular formula is C20H23N3O4S. The van der Waals surface area contributed by atoms with E-state index in [1.165, 1.54) is 23.8 Å². The third-order valence-corrected chi connectivity index (χ3v) is 5.62. The van der Waals surface area contributed by atoms with E-state index in [-0.39, 0.29) is 29.7 Å². The summed E-state index contributed by atoms with van der Waals surface area (Å²) in [5.41, 5.74) is 2.31. The zero-order valence-electron chi connectivity index (χ0n) is 15.6. The van der Waals surface area contributed by atoms with Gasteiger partial charge in [0, 0.05) is 24.3 Å². The summed E-state index contributed by atoms with van der Waals surface area (Å²) in [5.74, 6) is -0.951. The minimum absolute atomic E-state index is 0.0819. The Morgan fingerprint density at radius 1 is 1.21 bits per heavy atom. The summed E-state index contributed by atoms with van der Waals surface area (Å²) >= 11 is 0. The van der Waals surface area contributed by atoms with E-state index in [1.54, 1.807) is 11.0 Å². The number of primary sulfonamides is 1. The number of aryl methyl sites for hydroxylation is 1.